The fourth-order valence-electron chi connectivity index (χ4n) is 5.80. The van der Waals surface area contributed by atoms with E-state index in [4.69, 9.17) is 20.9 Å². The molecule has 2 aromatic heterocycles. The zero-order valence-corrected chi connectivity index (χ0v) is 29.8. The molecule has 0 fully saturated rings. The summed E-state index contributed by atoms with van der Waals surface area (Å²) in [5.41, 5.74) is 15.3. The predicted molar refractivity (Wildman–Crippen MR) is 192 cm³/mol. The van der Waals surface area contributed by atoms with Crippen LogP contribution in [0.2, 0.25) is 0 Å². The molecule has 0 radical (unpaired) electrons. The summed E-state index contributed by atoms with van der Waals surface area (Å²) in [5, 5.41) is 13.1. The van der Waals surface area contributed by atoms with Crippen molar-refractivity contribution in [1.29, 1.82) is 0 Å². The third-order valence-corrected chi connectivity index (χ3v) is 11.7. The standard InChI is InChI=1S/C34H37N9O6S2/c1-4-42-28-7-5-6-27(31(28)38-34(42)36)26-16-17-29(50(44,45)19-18-35)32(51(46,47)37-20-22-8-12-24(48-2)13-9-22)30(26)33-39-41-43(40-33)21-23-10-14-25(49-3)15-11-23/h5-17,37H,4,18-21,35H2,1-3H3,(H2,36,38). The molecule has 5 N–H and O–H groups in total. The highest BCUT2D eigenvalue weighted by molar-refractivity contribution is 7.93. The number of benzene rings is 4. The molecule has 2 heterocycles. The number of anilines is 1. The van der Waals surface area contributed by atoms with Crippen LogP contribution in [0.1, 0.15) is 18.1 Å². The lowest BCUT2D eigenvalue weighted by Gasteiger charge is -2.18. The third-order valence-electron chi connectivity index (χ3n) is 8.31. The number of methoxy groups -OCH3 is 2. The number of para-hydroxylation sites is 1. The number of rotatable bonds is 14. The molecule has 4 aromatic carbocycles. The van der Waals surface area contributed by atoms with Gasteiger partial charge in [-0.1, -0.05) is 42.5 Å². The van der Waals surface area contributed by atoms with Crippen molar-refractivity contribution in [2.24, 2.45) is 5.73 Å². The van der Waals surface area contributed by atoms with Crippen molar-refractivity contribution >= 4 is 36.8 Å². The van der Waals surface area contributed by atoms with Gasteiger partial charge < -0.3 is 25.5 Å². The van der Waals surface area contributed by atoms with E-state index in [0.717, 1.165) is 5.56 Å². The van der Waals surface area contributed by atoms with E-state index in [1.165, 1.54) is 24.0 Å². The van der Waals surface area contributed by atoms with Crippen LogP contribution in [0.25, 0.3) is 33.5 Å². The van der Waals surface area contributed by atoms with Gasteiger partial charge in [0.1, 0.15) is 16.4 Å². The van der Waals surface area contributed by atoms with E-state index < -0.39 is 35.4 Å². The van der Waals surface area contributed by atoms with E-state index in [1.807, 2.05) is 29.7 Å². The average Bonchev–Trinajstić information content (AvgIpc) is 3.73. The summed E-state index contributed by atoms with van der Waals surface area (Å²) in [6.07, 6.45) is 0. The molecule has 0 aliphatic heterocycles. The lowest BCUT2D eigenvalue weighted by molar-refractivity contribution is 0.414. The molecule has 0 saturated carbocycles. The van der Waals surface area contributed by atoms with Gasteiger partial charge in [0.2, 0.25) is 21.8 Å². The molecule has 0 atom stereocenters. The smallest absolute Gasteiger partial charge is 0.242 e. The van der Waals surface area contributed by atoms with Gasteiger partial charge >= 0.3 is 0 Å². The number of ether oxygens (including phenoxy) is 2. The van der Waals surface area contributed by atoms with Gasteiger partial charge in [-0.25, -0.2) is 26.5 Å². The number of aromatic nitrogens is 6. The molecule has 266 valence electrons. The maximum atomic E-state index is 14.5. The molecule has 0 spiro atoms. The molecule has 17 heteroatoms. The molecule has 0 saturated heterocycles. The van der Waals surface area contributed by atoms with Crippen LogP contribution in [-0.2, 0) is 39.5 Å². The Hall–Kier alpha value is -5.36. The molecule has 51 heavy (non-hydrogen) atoms. The molecular formula is C34H37N9O6S2. The number of nitrogens with zero attached hydrogens (tertiary/aromatic N) is 6. The Morgan fingerprint density at radius 2 is 1.51 bits per heavy atom. The summed E-state index contributed by atoms with van der Waals surface area (Å²) in [5.74, 6) is 0.908. The Bertz CT molecular complexity index is 2410. The maximum Gasteiger partial charge on any atom is 0.242 e. The summed E-state index contributed by atoms with van der Waals surface area (Å²) in [6, 6.07) is 22.2. The number of sulfone groups is 1. The summed E-state index contributed by atoms with van der Waals surface area (Å²) < 4.78 is 71.5. The summed E-state index contributed by atoms with van der Waals surface area (Å²) >= 11 is 0. The second-order valence-electron chi connectivity index (χ2n) is 11.5. The summed E-state index contributed by atoms with van der Waals surface area (Å²) in [4.78, 5) is 4.92. The largest absolute Gasteiger partial charge is 0.497 e. The van der Waals surface area contributed by atoms with Gasteiger partial charge in [0.05, 0.1) is 48.0 Å². The summed E-state index contributed by atoms with van der Waals surface area (Å²) in [7, 11) is -5.76. The van der Waals surface area contributed by atoms with Gasteiger partial charge in [0.25, 0.3) is 0 Å². The van der Waals surface area contributed by atoms with E-state index in [1.54, 1.807) is 55.6 Å². The first kappa shape index (κ1) is 35.5. The molecule has 0 bridgehead atoms. The Balaban J connectivity index is 1.59. The van der Waals surface area contributed by atoms with Crippen molar-refractivity contribution in [2.75, 3.05) is 32.3 Å². The molecule has 6 rings (SSSR count). The van der Waals surface area contributed by atoms with Crippen LogP contribution >= 0.6 is 0 Å². The molecule has 15 nitrogen and oxygen atoms in total. The number of hydrogen-bond acceptors (Lipinski definition) is 12. The summed E-state index contributed by atoms with van der Waals surface area (Å²) in [6.45, 7) is 2.25. The Labute approximate surface area is 295 Å². The number of imidazole rings is 1. The van der Waals surface area contributed by atoms with Gasteiger partial charge in [-0.3, -0.25) is 0 Å². The first-order chi connectivity index (χ1) is 24.5. The normalized spacial score (nSPS) is 12.0. The van der Waals surface area contributed by atoms with E-state index in [9.17, 15) is 16.8 Å². The Morgan fingerprint density at radius 3 is 2.14 bits per heavy atom. The van der Waals surface area contributed by atoms with Gasteiger partial charge in [0.15, 0.2) is 9.84 Å². The first-order valence-electron chi connectivity index (χ1n) is 15.9. The minimum absolute atomic E-state index is 0.0755. The lowest BCUT2D eigenvalue weighted by atomic mass is 9.98. The molecule has 0 aliphatic rings. The predicted octanol–water partition coefficient (Wildman–Crippen LogP) is 3.24. The van der Waals surface area contributed by atoms with Crippen molar-refractivity contribution < 1.29 is 26.3 Å². The van der Waals surface area contributed by atoms with Crippen LogP contribution in [0, 0.1) is 0 Å². The maximum absolute atomic E-state index is 14.5. The minimum Gasteiger partial charge on any atom is -0.497 e. The van der Waals surface area contributed by atoms with Gasteiger partial charge in [-0.2, -0.15) is 4.80 Å². The number of nitrogens with two attached hydrogens (primary N) is 2. The highest BCUT2D eigenvalue weighted by Gasteiger charge is 2.34. The zero-order chi connectivity index (χ0) is 36.3. The topological polar surface area (TPSA) is 212 Å². The monoisotopic (exact) mass is 731 g/mol. The highest BCUT2D eigenvalue weighted by Crippen LogP contribution is 2.42. The van der Waals surface area contributed by atoms with Gasteiger partial charge in [-0.05, 0) is 65.2 Å². The van der Waals surface area contributed by atoms with E-state index in [2.05, 4.69) is 25.1 Å². The van der Waals surface area contributed by atoms with Crippen LogP contribution in [0.4, 0.5) is 5.95 Å². The van der Waals surface area contributed by atoms with Crippen LogP contribution in [0.15, 0.2) is 88.7 Å². The molecule has 6 aromatic rings. The van der Waals surface area contributed by atoms with Crippen LogP contribution in [0.3, 0.4) is 0 Å². The Morgan fingerprint density at radius 1 is 0.843 bits per heavy atom. The van der Waals surface area contributed by atoms with E-state index in [-0.39, 0.29) is 37.0 Å². The lowest BCUT2D eigenvalue weighted by Crippen LogP contribution is -2.27. The minimum atomic E-state index is -4.62. The zero-order valence-electron chi connectivity index (χ0n) is 28.1. The second kappa shape index (κ2) is 14.5. The van der Waals surface area contributed by atoms with Crippen molar-refractivity contribution in [1.82, 2.24) is 34.5 Å². The Kier molecular flexibility index (Phi) is 10.1. The van der Waals surface area contributed by atoms with Crippen LogP contribution < -0.4 is 25.7 Å². The van der Waals surface area contributed by atoms with Crippen molar-refractivity contribution in [2.45, 2.75) is 36.3 Å². The number of tetrazole rings is 1. The second-order valence-corrected chi connectivity index (χ2v) is 15.3. The number of hydrogen-bond donors (Lipinski definition) is 3. The van der Waals surface area contributed by atoms with E-state index in [0.29, 0.717) is 45.8 Å². The molecule has 0 aliphatic carbocycles. The van der Waals surface area contributed by atoms with E-state index >= 15 is 0 Å². The van der Waals surface area contributed by atoms with Gasteiger partial charge in [0, 0.05) is 25.2 Å². The fraction of sp³-hybridized carbons (Fsp3) is 0.235. The number of aryl methyl sites for hydroxylation is 1. The van der Waals surface area contributed by atoms with Gasteiger partial charge in [-0.15, -0.1) is 10.2 Å². The van der Waals surface area contributed by atoms with Crippen molar-refractivity contribution in [3.63, 3.8) is 0 Å². The van der Waals surface area contributed by atoms with Crippen molar-refractivity contribution in [3.8, 4) is 34.0 Å². The average molecular weight is 732 g/mol. The number of nitrogens with one attached hydrogen (secondary N) is 1. The molecule has 0 amide bonds. The van der Waals surface area contributed by atoms with Crippen LogP contribution in [-0.4, -0.2) is 73.1 Å². The molecule has 0 unspecified atom stereocenters. The fourth-order valence-corrected chi connectivity index (χ4v) is 9.00. The SMILES string of the molecule is CCn1c(N)nc2c(-c3ccc(S(=O)(=O)CCN)c(S(=O)(=O)NCc4ccc(OC)cc4)c3-c3nnn(Cc4ccc(OC)cc4)n3)cccc21. The quantitative estimate of drug-likeness (QED) is 0.147. The van der Waals surface area contributed by atoms with Crippen LogP contribution in [0.5, 0.6) is 11.5 Å². The number of nitrogen functional groups attached to an aromatic ring is 1. The molecular weight excluding hydrogens is 695 g/mol. The van der Waals surface area contributed by atoms with Crippen molar-refractivity contribution in [3.05, 3.63) is 90.0 Å². The highest BCUT2D eigenvalue weighted by atomic mass is 32.2. The third kappa shape index (κ3) is 7.14. The first-order valence-corrected chi connectivity index (χ1v) is 19.0. The number of fused-ring (bicyclic) bond motifs is 1. The number of sulfonamides is 1.